The molecule has 3 N–H and O–H groups in total. The lowest BCUT2D eigenvalue weighted by Crippen LogP contribution is -2.12. The molecule has 0 saturated carbocycles. The zero-order valence-corrected chi connectivity index (χ0v) is 9.64. The smallest absolute Gasteiger partial charge is 0.0803 e. The molecule has 1 aromatic heterocycles. The maximum Gasteiger partial charge on any atom is 0.0803 e. The average Bonchev–Trinajstić information content (AvgIpc) is 2.32. The number of hydrogen-bond acceptors (Lipinski definition) is 3. The SMILES string of the molecule is Cc1ccc(CNc2cn(O)ccc2=N)cc1. The highest BCUT2D eigenvalue weighted by molar-refractivity contribution is 5.40. The lowest BCUT2D eigenvalue weighted by molar-refractivity contribution is 0.184. The molecule has 0 amide bonds. The minimum absolute atomic E-state index is 0.363. The summed E-state index contributed by atoms with van der Waals surface area (Å²) in [6.45, 7) is 2.68. The second-order valence-corrected chi connectivity index (χ2v) is 3.99. The monoisotopic (exact) mass is 229 g/mol. The van der Waals surface area contributed by atoms with Gasteiger partial charge in [-0.2, -0.15) is 4.73 Å². The molecule has 1 heterocycles. The third-order valence-corrected chi connectivity index (χ3v) is 2.55. The third kappa shape index (κ3) is 2.87. The van der Waals surface area contributed by atoms with Crippen molar-refractivity contribution in [3.63, 3.8) is 0 Å². The highest BCUT2D eigenvalue weighted by atomic mass is 16.5. The van der Waals surface area contributed by atoms with Crippen LogP contribution in [-0.4, -0.2) is 9.94 Å². The molecule has 4 heteroatoms. The number of hydrogen-bond donors (Lipinski definition) is 3. The number of benzene rings is 1. The van der Waals surface area contributed by atoms with Crippen molar-refractivity contribution >= 4 is 5.69 Å². The Morgan fingerprint density at radius 1 is 1.24 bits per heavy atom. The highest BCUT2D eigenvalue weighted by Gasteiger charge is 1.97. The Balaban J connectivity index is 2.09. The molecule has 0 atom stereocenters. The first-order valence-electron chi connectivity index (χ1n) is 5.41. The maximum absolute atomic E-state index is 9.26. The summed E-state index contributed by atoms with van der Waals surface area (Å²) in [6, 6.07) is 9.73. The first-order valence-corrected chi connectivity index (χ1v) is 5.41. The fraction of sp³-hybridized carbons (Fsp3) is 0.154. The van der Waals surface area contributed by atoms with E-state index in [2.05, 4.69) is 17.4 Å². The zero-order valence-electron chi connectivity index (χ0n) is 9.64. The van der Waals surface area contributed by atoms with E-state index in [0.717, 1.165) is 10.3 Å². The van der Waals surface area contributed by atoms with Gasteiger partial charge in [0, 0.05) is 12.7 Å². The Hall–Kier alpha value is -2.23. The molecular weight excluding hydrogens is 214 g/mol. The van der Waals surface area contributed by atoms with Crippen LogP contribution in [0.2, 0.25) is 0 Å². The largest absolute Gasteiger partial charge is 0.429 e. The van der Waals surface area contributed by atoms with Crippen molar-refractivity contribution in [2.24, 2.45) is 0 Å². The van der Waals surface area contributed by atoms with Crippen LogP contribution in [0.1, 0.15) is 11.1 Å². The van der Waals surface area contributed by atoms with Crippen molar-refractivity contribution in [1.29, 1.82) is 5.41 Å². The van der Waals surface area contributed by atoms with E-state index in [-0.39, 0.29) is 0 Å². The molecule has 17 heavy (non-hydrogen) atoms. The minimum Gasteiger partial charge on any atom is -0.429 e. The molecule has 0 aliphatic carbocycles. The molecule has 0 fully saturated rings. The van der Waals surface area contributed by atoms with Crippen LogP contribution >= 0.6 is 0 Å². The number of rotatable bonds is 3. The number of aromatic nitrogens is 1. The van der Waals surface area contributed by atoms with E-state index in [1.807, 2.05) is 19.1 Å². The van der Waals surface area contributed by atoms with Gasteiger partial charge < -0.3 is 10.5 Å². The Labute approximate surface area is 99.6 Å². The van der Waals surface area contributed by atoms with E-state index in [4.69, 9.17) is 5.41 Å². The van der Waals surface area contributed by atoms with Gasteiger partial charge in [-0.05, 0) is 18.6 Å². The predicted octanol–water partition coefficient (Wildman–Crippen LogP) is 2.13. The number of nitrogens with one attached hydrogen (secondary N) is 2. The van der Waals surface area contributed by atoms with Crippen LogP contribution in [0.5, 0.6) is 0 Å². The van der Waals surface area contributed by atoms with E-state index < -0.39 is 0 Å². The van der Waals surface area contributed by atoms with Crippen molar-refractivity contribution < 1.29 is 5.21 Å². The molecule has 2 rings (SSSR count). The molecule has 4 nitrogen and oxygen atoms in total. The van der Waals surface area contributed by atoms with Crippen LogP contribution in [0.4, 0.5) is 5.69 Å². The summed E-state index contributed by atoms with van der Waals surface area (Å²) >= 11 is 0. The van der Waals surface area contributed by atoms with Gasteiger partial charge in [-0.1, -0.05) is 29.8 Å². The molecule has 0 aliphatic rings. The first-order chi connectivity index (χ1) is 8.15. The molecule has 0 radical (unpaired) electrons. The Bertz CT molecular complexity index is 558. The zero-order chi connectivity index (χ0) is 12.3. The average molecular weight is 229 g/mol. The molecular formula is C13H15N3O. The molecule has 0 saturated heterocycles. The van der Waals surface area contributed by atoms with E-state index in [1.165, 1.54) is 24.0 Å². The van der Waals surface area contributed by atoms with Gasteiger partial charge in [0.2, 0.25) is 0 Å². The van der Waals surface area contributed by atoms with Crippen LogP contribution in [0.25, 0.3) is 0 Å². The molecule has 0 unspecified atom stereocenters. The predicted molar refractivity (Wildman–Crippen MR) is 66.0 cm³/mol. The third-order valence-electron chi connectivity index (χ3n) is 2.55. The fourth-order valence-corrected chi connectivity index (χ4v) is 1.53. The van der Waals surface area contributed by atoms with E-state index in [9.17, 15) is 5.21 Å². The molecule has 0 spiro atoms. The molecule has 0 aliphatic heterocycles. The summed E-state index contributed by atoms with van der Waals surface area (Å²) in [5.41, 5.74) is 2.97. The Morgan fingerprint density at radius 2 is 1.94 bits per heavy atom. The highest BCUT2D eigenvalue weighted by Crippen LogP contribution is 2.05. The molecule has 88 valence electrons. The van der Waals surface area contributed by atoms with Gasteiger partial charge in [-0.25, -0.2) is 0 Å². The van der Waals surface area contributed by atoms with Crippen molar-refractivity contribution in [1.82, 2.24) is 4.73 Å². The van der Waals surface area contributed by atoms with Crippen LogP contribution < -0.4 is 10.7 Å². The van der Waals surface area contributed by atoms with Crippen LogP contribution in [0.15, 0.2) is 42.7 Å². The molecule has 1 aromatic carbocycles. The second kappa shape index (κ2) is 4.74. The number of nitrogens with zero attached hydrogens (tertiary/aromatic N) is 1. The summed E-state index contributed by atoms with van der Waals surface area (Å²) in [7, 11) is 0. The van der Waals surface area contributed by atoms with Gasteiger partial charge >= 0.3 is 0 Å². The van der Waals surface area contributed by atoms with E-state index in [0.29, 0.717) is 17.6 Å². The summed E-state index contributed by atoms with van der Waals surface area (Å²) in [6.07, 6.45) is 2.91. The quantitative estimate of drug-likeness (QED) is 0.706. The van der Waals surface area contributed by atoms with Gasteiger partial charge in [-0.15, -0.1) is 0 Å². The lowest BCUT2D eigenvalue weighted by Gasteiger charge is -2.08. The summed E-state index contributed by atoms with van der Waals surface area (Å²) in [5.74, 6) is 0. The summed E-state index contributed by atoms with van der Waals surface area (Å²) in [4.78, 5) is 0. The van der Waals surface area contributed by atoms with Crippen molar-refractivity contribution in [3.8, 4) is 0 Å². The normalized spacial score (nSPS) is 10.2. The first kappa shape index (κ1) is 11.3. The van der Waals surface area contributed by atoms with Crippen LogP contribution in [0.3, 0.4) is 0 Å². The van der Waals surface area contributed by atoms with Crippen LogP contribution in [0, 0.1) is 12.3 Å². The van der Waals surface area contributed by atoms with E-state index in [1.54, 1.807) is 0 Å². The Morgan fingerprint density at radius 3 is 2.65 bits per heavy atom. The number of aryl methyl sites for hydroxylation is 1. The van der Waals surface area contributed by atoms with Crippen LogP contribution in [-0.2, 0) is 6.54 Å². The molecule has 2 aromatic rings. The standard InChI is InChI=1S/C13H15N3O/c1-10-2-4-11(5-3-10)8-15-13-9-16(17)7-6-12(13)14/h2-7,9,14-15,17H,8H2,1H3. The van der Waals surface area contributed by atoms with E-state index >= 15 is 0 Å². The lowest BCUT2D eigenvalue weighted by atomic mass is 10.1. The molecule has 0 bridgehead atoms. The number of pyridine rings is 1. The van der Waals surface area contributed by atoms with Gasteiger partial charge in [0.1, 0.15) is 0 Å². The van der Waals surface area contributed by atoms with Gasteiger partial charge in [0.15, 0.2) is 0 Å². The minimum atomic E-state index is 0.363. The van der Waals surface area contributed by atoms with Gasteiger partial charge in [0.25, 0.3) is 0 Å². The van der Waals surface area contributed by atoms with Crippen molar-refractivity contribution in [2.45, 2.75) is 13.5 Å². The van der Waals surface area contributed by atoms with Gasteiger partial charge in [-0.3, -0.25) is 5.41 Å². The van der Waals surface area contributed by atoms with Crippen molar-refractivity contribution in [3.05, 3.63) is 59.2 Å². The second-order valence-electron chi connectivity index (χ2n) is 3.99. The summed E-state index contributed by atoms with van der Waals surface area (Å²) < 4.78 is 0.940. The topological polar surface area (TPSA) is 61.0 Å². The number of anilines is 1. The fourth-order valence-electron chi connectivity index (χ4n) is 1.53. The van der Waals surface area contributed by atoms with Gasteiger partial charge in [0.05, 0.1) is 17.2 Å². The Kier molecular flexibility index (Phi) is 3.14. The maximum atomic E-state index is 9.26. The van der Waals surface area contributed by atoms with Crippen molar-refractivity contribution in [2.75, 3.05) is 5.32 Å². The summed E-state index contributed by atoms with van der Waals surface area (Å²) in [5, 5.41) is 20.4.